The van der Waals surface area contributed by atoms with Crippen LogP contribution in [0.15, 0.2) is 41.8 Å². The first kappa shape index (κ1) is 14.8. The first-order chi connectivity index (χ1) is 9.95. The molecule has 21 heavy (non-hydrogen) atoms. The molecule has 110 valence electrons. The van der Waals surface area contributed by atoms with Gasteiger partial charge in [-0.25, -0.2) is 4.98 Å². The Balaban J connectivity index is 2.10. The quantitative estimate of drug-likeness (QED) is 0.824. The van der Waals surface area contributed by atoms with Crippen molar-refractivity contribution in [3.63, 3.8) is 0 Å². The monoisotopic (exact) mass is 285 g/mol. The predicted molar refractivity (Wildman–Crippen MR) is 83.9 cm³/mol. The van der Waals surface area contributed by atoms with Crippen molar-refractivity contribution >= 4 is 17.1 Å². The summed E-state index contributed by atoms with van der Waals surface area (Å²) in [6.07, 6.45) is 5.59. The van der Waals surface area contributed by atoms with E-state index in [4.69, 9.17) is 10.5 Å². The molecule has 0 fully saturated rings. The molecule has 0 atom stereocenters. The molecule has 0 aliphatic carbocycles. The standard InChI is InChI=1S/C15H19N5O/c1-9(2)5-10(3)6-11(4)7-21-14-12-13(18-8-17-12)19-15(16)20-14/h5-6,8H,4,7H2,1-3H3,(H3,16,17,18,19,20)/b10-6-. The number of nitrogens with one attached hydrogen (secondary N) is 1. The Hall–Kier alpha value is -2.63. The van der Waals surface area contributed by atoms with Crippen LogP contribution in [-0.4, -0.2) is 26.5 Å². The zero-order chi connectivity index (χ0) is 15.4. The Morgan fingerprint density at radius 3 is 2.81 bits per heavy atom. The number of hydrogen-bond acceptors (Lipinski definition) is 5. The summed E-state index contributed by atoms with van der Waals surface area (Å²) in [5.74, 6) is 0.510. The van der Waals surface area contributed by atoms with Crippen molar-refractivity contribution in [1.82, 2.24) is 19.9 Å². The van der Waals surface area contributed by atoms with Crippen LogP contribution in [0.2, 0.25) is 0 Å². The van der Waals surface area contributed by atoms with E-state index in [0.29, 0.717) is 23.7 Å². The van der Waals surface area contributed by atoms with Gasteiger partial charge < -0.3 is 15.5 Å². The first-order valence-corrected chi connectivity index (χ1v) is 6.56. The molecule has 0 amide bonds. The minimum Gasteiger partial charge on any atom is -0.471 e. The van der Waals surface area contributed by atoms with Crippen LogP contribution in [-0.2, 0) is 0 Å². The number of ether oxygens (including phenoxy) is 1. The number of aromatic amines is 1. The number of rotatable bonds is 5. The third-order valence-electron chi connectivity index (χ3n) is 2.61. The normalized spacial score (nSPS) is 11.5. The highest BCUT2D eigenvalue weighted by molar-refractivity contribution is 5.76. The molecule has 0 radical (unpaired) electrons. The third-order valence-corrected chi connectivity index (χ3v) is 2.61. The number of fused-ring (bicyclic) bond motifs is 1. The Morgan fingerprint density at radius 2 is 2.10 bits per heavy atom. The van der Waals surface area contributed by atoms with E-state index in [1.165, 1.54) is 11.9 Å². The Kier molecular flexibility index (Phi) is 4.37. The van der Waals surface area contributed by atoms with E-state index in [1.54, 1.807) is 0 Å². The van der Waals surface area contributed by atoms with Crippen molar-refractivity contribution in [2.24, 2.45) is 0 Å². The molecule has 0 spiro atoms. The first-order valence-electron chi connectivity index (χ1n) is 6.56. The Bertz CT molecular complexity index is 723. The van der Waals surface area contributed by atoms with Gasteiger partial charge in [-0.1, -0.05) is 29.9 Å². The molecule has 2 heterocycles. The maximum Gasteiger partial charge on any atom is 0.245 e. The molecule has 0 saturated carbocycles. The number of allylic oxidation sites excluding steroid dienone is 3. The van der Waals surface area contributed by atoms with Crippen LogP contribution in [0.5, 0.6) is 5.88 Å². The summed E-state index contributed by atoms with van der Waals surface area (Å²) >= 11 is 0. The van der Waals surface area contributed by atoms with Gasteiger partial charge in [-0.15, -0.1) is 0 Å². The van der Waals surface area contributed by atoms with E-state index in [2.05, 4.69) is 46.4 Å². The van der Waals surface area contributed by atoms with Crippen molar-refractivity contribution in [1.29, 1.82) is 0 Å². The average Bonchev–Trinajstić information content (AvgIpc) is 2.82. The van der Waals surface area contributed by atoms with E-state index in [9.17, 15) is 0 Å². The highest BCUT2D eigenvalue weighted by Gasteiger charge is 2.09. The zero-order valence-corrected chi connectivity index (χ0v) is 12.5. The largest absolute Gasteiger partial charge is 0.471 e. The van der Waals surface area contributed by atoms with Crippen molar-refractivity contribution in [2.75, 3.05) is 12.3 Å². The van der Waals surface area contributed by atoms with Gasteiger partial charge in [-0.2, -0.15) is 9.97 Å². The number of imidazole rings is 1. The second kappa shape index (κ2) is 6.21. The highest BCUT2D eigenvalue weighted by Crippen LogP contribution is 2.20. The van der Waals surface area contributed by atoms with Crippen LogP contribution in [0.1, 0.15) is 20.8 Å². The molecule has 0 aromatic carbocycles. The summed E-state index contributed by atoms with van der Waals surface area (Å²) in [6, 6.07) is 0. The van der Waals surface area contributed by atoms with Crippen molar-refractivity contribution < 1.29 is 4.74 Å². The summed E-state index contributed by atoms with van der Waals surface area (Å²) in [6.45, 7) is 10.4. The van der Waals surface area contributed by atoms with E-state index in [-0.39, 0.29) is 5.95 Å². The average molecular weight is 285 g/mol. The van der Waals surface area contributed by atoms with Crippen LogP contribution in [0.4, 0.5) is 5.95 Å². The smallest absolute Gasteiger partial charge is 0.245 e. The van der Waals surface area contributed by atoms with E-state index < -0.39 is 0 Å². The summed E-state index contributed by atoms with van der Waals surface area (Å²) < 4.78 is 5.66. The van der Waals surface area contributed by atoms with E-state index >= 15 is 0 Å². The predicted octanol–water partition coefficient (Wildman–Crippen LogP) is 2.78. The fourth-order valence-corrected chi connectivity index (χ4v) is 1.95. The molecule has 0 unspecified atom stereocenters. The van der Waals surface area contributed by atoms with Crippen molar-refractivity contribution in [3.05, 3.63) is 41.8 Å². The van der Waals surface area contributed by atoms with Gasteiger partial charge in [0.2, 0.25) is 11.8 Å². The fourth-order valence-electron chi connectivity index (χ4n) is 1.95. The highest BCUT2D eigenvalue weighted by atomic mass is 16.5. The summed E-state index contributed by atoms with van der Waals surface area (Å²) in [5, 5.41) is 0. The Morgan fingerprint density at radius 1 is 1.33 bits per heavy atom. The second-order valence-corrected chi connectivity index (χ2v) is 5.05. The van der Waals surface area contributed by atoms with Gasteiger partial charge >= 0.3 is 0 Å². The third kappa shape index (κ3) is 3.92. The number of nitrogens with two attached hydrogens (primary N) is 1. The number of H-pyrrole nitrogens is 1. The molecule has 0 aliphatic rings. The van der Waals surface area contributed by atoms with Gasteiger partial charge in [0.25, 0.3) is 0 Å². The maximum atomic E-state index is 5.66. The van der Waals surface area contributed by atoms with Gasteiger partial charge in [0.15, 0.2) is 5.65 Å². The summed E-state index contributed by atoms with van der Waals surface area (Å²) in [7, 11) is 0. The molecular formula is C15H19N5O. The molecule has 2 aromatic heterocycles. The maximum absolute atomic E-state index is 5.66. The summed E-state index contributed by atoms with van der Waals surface area (Å²) in [4.78, 5) is 15.1. The molecule has 2 rings (SSSR count). The number of hydrogen-bond donors (Lipinski definition) is 2. The van der Waals surface area contributed by atoms with Crippen LogP contribution in [0.25, 0.3) is 11.2 Å². The van der Waals surface area contributed by atoms with E-state index in [0.717, 1.165) is 11.1 Å². The molecule has 3 N–H and O–H groups in total. The minimum atomic E-state index is 0.131. The molecule has 0 saturated heterocycles. The number of nitrogens with zero attached hydrogens (tertiary/aromatic N) is 3. The topological polar surface area (TPSA) is 89.7 Å². The minimum absolute atomic E-state index is 0.131. The van der Waals surface area contributed by atoms with Gasteiger partial charge in [-0.3, -0.25) is 0 Å². The molecule has 2 aromatic rings. The Labute approximate surface area is 123 Å². The lowest BCUT2D eigenvalue weighted by Gasteiger charge is -2.07. The van der Waals surface area contributed by atoms with Gasteiger partial charge in [0.05, 0.1) is 6.33 Å². The SMILES string of the molecule is C=C(/C=C(/C)C=C(C)C)COc1nc(N)nc2nc[nH]c12. The van der Waals surface area contributed by atoms with Crippen LogP contribution in [0.3, 0.4) is 0 Å². The molecule has 6 heteroatoms. The van der Waals surface area contributed by atoms with Gasteiger partial charge in [0, 0.05) is 0 Å². The molecule has 0 bridgehead atoms. The lowest BCUT2D eigenvalue weighted by molar-refractivity contribution is 0.346. The lowest BCUT2D eigenvalue weighted by atomic mass is 10.1. The number of anilines is 1. The molecule has 0 aliphatic heterocycles. The van der Waals surface area contributed by atoms with Crippen molar-refractivity contribution in [2.45, 2.75) is 20.8 Å². The zero-order valence-electron chi connectivity index (χ0n) is 12.5. The van der Waals surface area contributed by atoms with Crippen LogP contribution >= 0.6 is 0 Å². The second-order valence-electron chi connectivity index (χ2n) is 5.05. The number of aromatic nitrogens is 4. The van der Waals surface area contributed by atoms with Crippen LogP contribution < -0.4 is 10.5 Å². The lowest BCUT2D eigenvalue weighted by Crippen LogP contribution is -2.04. The van der Waals surface area contributed by atoms with Gasteiger partial charge in [-0.05, 0) is 26.3 Å². The molecular weight excluding hydrogens is 266 g/mol. The van der Waals surface area contributed by atoms with E-state index in [1.807, 2.05) is 13.0 Å². The van der Waals surface area contributed by atoms with Crippen LogP contribution in [0, 0.1) is 0 Å². The fraction of sp³-hybridized carbons (Fsp3) is 0.267. The number of nitrogen functional groups attached to an aromatic ring is 1. The van der Waals surface area contributed by atoms with Crippen molar-refractivity contribution in [3.8, 4) is 5.88 Å². The summed E-state index contributed by atoms with van der Waals surface area (Å²) in [5.41, 5.74) is 9.94. The van der Waals surface area contributed by atoms with Gasteiger partial charge in [0.1, 0.15) is 12.1 Å². The molecule has 6 nitrogen and oxygen atoms in total.